The Bertz CT molecular complexity index is 717. The van der Waals surface area contributed by atoms with Crippen molar-refractivity contribution in [1.82, 2.24) is 4.98 Å². The summed E-state index contributed by atoms with van der Waals surface area (Å²) < 4.78 is 6.80. The first-order valence-corrected chi connectivity index (χ1v) is 9.34. The van der Waals surface area contributed by atoms with Crippen LogP contribution in [0.25, 0.3) is 0 Å². The van der Waals surface area contributed by atoms with E-state index in [0.717, 1.165) is 33.7 Å². The number of halogens is 1. The second-order valence-electron chi connectivity index (χ2n) is 5.40. The lowest BCUT2D eigenvalue weighted by Gasteiger charge is -2.12. The van der Waals surface area contributed by atoms with Crippen molar-refractivity contribution in [3.05, 3.63) is 52.1 Å². The molecule has 6 heteroatoms. The fraction of sp³-hybridized carbons (Fsp3) is 0.294. The van der Waals surface area contributed by atoms with E-state index in [-0.39, 0.29) is 12.0 Å². The molecule has 1 fully saturated rings. The molecule has 1 amide bonds. The Morgan fingerprint density at radius 3 is 3.00 bits per heavy atom. The molecule has 0 aliphatic carbocycles. The van der Waals surface area contributed by atoms with Gasteiger partial charge in [-0.15, -0.1) is 0 Å². The largest absolute Gasteiger partial charge is 0.473 e. The average Bonchev–Trinajstić information content (AvgIpc) is 3.04. The molecule has 1 atom stereocenters. The Kier molecular flexibility index (Phi) is 5.23. The maximum absolute atomic E-state index is 12.4. The Morgan fingerprint density at radius 1 is 1.39 bits per heavy atom. The number of hydrogen-bond acceptors (Lipinski definition) is 4. The second-order valence-corrected chi connectivity index (χ2v) is 7.41. The summed E-state index contributed by atoms with van der Waals surface area (Å²) in [5, 5.41) is 2.89. The van der Waals surface area contributed by atoms with Crippen LogP contribution in [-0.4, -0.2) is 28.5 Å². The summed E-state index contributed by atoms with van der Waals surface area (Å²) in [5.41, 5.74) is 2.41. The van der Waals surface area contributed by atoms with Crippen LogP contribution in [0.4, 0.5) is 5.69 Å². The molecule has 3 rings (SSSR count). The van der Waals surface area contributed by atoms with Crippen LogP contribution in [0.5, 0.6) is 5.88 Å². The van der Waals surface area contributed by atoms with Gasteiger partial charge in [0.05, 0.1) is 0 Å². The third-order valence-corrected chi connectivity index (χ3v) is 5.59. The third-order valence-electron chi connectivity index (χ3n) is 3.60. The Balaban J connectivity index is 1.70. The summed E-state index contributed by atoms with van der Waals surface area (Å²) in [6, 6.07) is 9.11. The topological polar surface area (TPSA) is 51.2 Å². The van der Waals surface area contributed by atoms with Crippen molar-refractivity contribution in [2.75, 3.05) is 16.8 Å². The summed E-state index contributed by atoms with van der Waals surface area (Å²) in [6.45, 7) is 2.00. The maximum Gasteiger partial charge on any atom is 0.255 e. The molecule has 1 unspecified atom stereocenters. The van der Waals surface area contributed by atoms with E-state index in [0.29, 0.717) is 11.4 Å². The van der Waals surface area contributed by atoms with E-state index in [2.05, 4.69) is 26.2 Å². The molecule has 120 valence electrons. The number of benzene rings is 1. The lowest BCUT2D eigenvalue weighted by molar-refractivity contribution is 0.102. The van der Waals surface area contributed by atoms with Crippen LogP contribution in [0, 0.1) is 6.92 Å². The predicted octanol–water partition coefficient (Wildman–Crippen LogP) is 4.29. The SMILES string of the molecule is Cc1ccc(NC(=O)c2ccnc(OC3CCSC3)c2)cc1Br. The van der Waals surface area contributed by atoms with Gasteiger partial charge in [-0.2, -0.15) is 11.8 Å². The molecule has 23 heavy (non-hydrogen) atoms. The molecule has 1 saturated heterocycles. The van der Waals surface area contributed by atoms with Crippen molar-refractivity contribution in [2.24, 2.45) is 0 Å². The number of aryl methyl sites for hydroxylation is 1. The molecular formula is C17H17BrN2O2S. The van der Waals surface area contributed by atoms with Gasteiger partial charge >= 0.3 is 0 Å². The molecule has 0 spiro atoms. The highest BCUT2D eigenvalue weighted by Gasteiger charge is 2.18. The van der Waals surface area contributed by atoms with Crippen molar-refractivity contribution >= 4 is 39.3 Å². The number of rotatable bonds is 4. The van der Waals surface area contributed by atoms with Gasteiger partial charge in [-0.05, 0) is 42.9 Å². The smallest absolute Gasteiger partial charge is 0.255 e. The number of carbonyl (C=O) groups is 1. The first-order valence-electron chi connectivity index (χ1n) is 7.40. The standard InChI is InChI=1S/C17H17BrN2O2S/c1-11-2-3-13(9-15(11)18)20-17(21)12-4-6-19-16(8-12)22-14-5-7-23-10-14/h2-4,6,8-9,14H,5,7,10H2,1H3,(H,20,21). The number of carbonyl (C=O) groups excluding carboxylic acids is 1. The summed E-state index contributed by atoms with van der Waals surface area (Å²) >= 11 is 5.35. The minimum Gasteiger partial charge on any atom is -0.473 e. The molecule has 1 aromatic heterocycles. The van der Waals surface area contributed by atoms with Gasteiger partial charge < -0.3 is 10.1 Å². The number of nitrogens with zero attached hydrogens (tertiary/aromatic N) is 1. The minimum absolute atomic E-state index is 0.172. The molecule has 0 saturated carbocycles. The minimum atomic E-state index is -0.172. The van der Waals surface area contributed by atoms with Crippen molar-refractivity contribution in [1.29, 1.82) is 0 Å². The van der Waals surface area contributed by atoms with Gasteiger partial charge in [0.15, 0.2) is 0 Å². The van der Waals surface area contributed by atoms with Gasteiger partial charge in [-0.1, -0.05) is 22.0 Å². The van der Waals surface area contributed by atoms with Crippen molar-refractivity contribution in [2.45, 2.75) is 19.4 Å². The van der Waals surface area contributed by atoms with Gasteiger partial charge in [0, 0.05) is 33.7 Å². The summed E-state index contributed by atoms with van der Waals surface area (Å²) in [5.74, 6) is 2.44. The summed E-state index contributed by atoms with van der Waals surface area (Å²) in [6.07, 6.45) is 2.83. The van der Waals surface area contributed by atoms with E-state index in [9.17, 15) is 4.79 Å². The Labute approximate surface area is 148 Å². The normalized spacial score (nSPS) is 17.0. The van der Waals surface area contributed by atoms with Crippen molar-refractivity contribution in [3.8, 4) is 5.88 Å². The number of aromatic nitrogens is 1. The number of anilines is 1. The summed E-state index contributed by atoms with van der Waals surface area (Å²) in [7, 11) is 0. The number of thioether (sulfide) groups is 1. The van der Waals surface area contributed by atoms with Gasteiger partial charge in [0.2, 0.25) is 5.88 Å². The highest BCUT2D eigenvalue weighted by Crippen LogP contribution is 2.23. The highest BCUT2D eigenvalue weighted by atomic mass is 79.9. The maximum atomic E-state index is 12.4. The lowest BCUT2D eigenvalue weighted by atomic mass is 10.2. The number of amides is 1. The molecule has 0 radical (unpaired) electrons. The van der Waals surface area contributed by atoms with Gasteiger partial charge in [-0.25, -0.2) is 4.98 Å². The van der Waals surface area contributed by atoms with Gasteiger partial charge in [0.25, 0.3) is 5.91 Å². The zero-order chi connectivity index (χ0) is 16.2. The van der Waals surface area contributed by atoms with Crippen molar-refractivity contribution < 1.29 is 9.53 Å². The summed E-state index contributed by atoms with van der Waals surface area (Å²) in [4.78, 5) is 16.6. The lowest BCUT2D eigenvalue weighted by Crippen LogP contribution is -2.17. The Hall–Kier alpha value is -1.53. The average molecular weight is 393 g/mol. The van der Waals surface area contributed by atoms with Gasteiger partial charge in [-0.3, -0.25) is 4.79 Å². The monoisotopic (exact) mass is 392 g/mol. The number of nitrogens with one attached hydrogen (secondary N) is 1. The van der Waals surface area contributed by atoms with E-state index in [1.54, 1.807) is 18.3 Å². The first kappa shape index (κ1) is 16.3. The van der Waals surface area contributed by atoms with Crippen LogP contribution in [0.3, 0.4) is 0 Å². The molecule has 2 heterocycles. The molecule has 1 aromatic carbocycles. The van der Waals surface area contributed by atoms with Crippen LogP contribution in [0.15, 0.2) is 41.0 Å². The number of pyridine rings is 1. The zero-order valence-corrected chi connectivity index (χ0v) is 15.1. The van der Waals surface area contributed by atoms with Crippen LogP contribution >= 0.6 is 27.7 Å². The van der Waals surface area contributed by atoms with Crippen LogP contribution in [0.2, 0.25) is 0 Å². The fourth-order valence-electron chi connectivity index (χ4n) is 2.27. The van der Waals surface area contributed by atoms with E-state index in [1.807, 2.05) is 36.9 Å². The number of hydrogen-bond donors (Lipinski definition) is 1. The van der Waals surface area contributed by atoms with Gasteiger partial charge in [0.1, 0.15) is 6.10 Å². The third kappa shape index (κ3) is 4.26. The molecule has 1 aliphatic heterocycles. The molecule has 4 nitrogen and oxygen atoms in total. The first-order chi connectivity index (χ1) is 11.1. The molecular weight excluding hydrogens is 376 g/mol. The number of ether oxygens (including phenoxy) is 1. The van der Waals surface area contributed by atoms with Crippen LogP contribution in [0.1, 0.15) is 22.3 Å². The molecule has 0 bridgehead atoms. The second kappa shape index (κ2) is 7.36. The van der Waals surface area contributed by atoms with Crippen molar-refractivity contribution in [3.63, 3.8) is 0 Å². The Morgan fingerprint density at radius 2 is 2.26 bits per heavy atom. The fourth-order valence-corrected chi connectivity index (χ4v) is 3.74. The highest BCUT2D eigenvalue weighted by molar-refractivity contribution is 9.10. The van der Waals surface area contributed by atoms with E-state index in [4.69, 9.17) is 4.74 Å². The molecule has 2 aromatic rings. The van der Waals surface area contributed by atoms with Crippen LogP contribution < -0.4 is 10.1 Å². The van der Waals surface area contributed by atoms with Crippen LogP contribution in [-0.2, 0) is 0 Å². The predicted molar refractivity (Wildman–Crippen MR) is 97.4 cm³/mol. The van der Waals surface area contributed by atoms with E-state index >= 15 is 0 Å². The molecule has 1 aliphatic rings. The quantitative estimate of drug-likeness (QED) is 0.842. The molecule has 1 N–H and O–H groups in total. The van der Waals surface area contributed by atoms with E-state index < -0.39 is 0 Å². The zero-order valence-electron chi connectivity index (χ0n) is 12.7. The van der Waals surface area contributed by atoms with E-state index in [1.165, 1.54) is 0 Å².